The topological polar surface area (TPSA) is 93.1 Å². The predicted octanol–water partition coefficient (Wildman–Crippen LogP) is 0.310. The van der Waals surface area contributed by atoms with Gasteiger partial charge in [0.15, 0.2) is 0 Å². The third-order valence-electron chi connectivity index (χ3n) is 1.03. The zero-order valence-electron chi connectivity index (χ0n) is 7.30. The maximum Gasteiger partial charge on any atom is 0.341 e. The van der Waals surface area contributed by atoms with Crippen molar-refractivity contribution in [2.45, 2.75) is 6.92 Å². The van der Waals surface area contributed by atoms with E-state index in [1.807, 2.05) is 0 Å². The number of aliphatic hydroxyl groups is 1. The number of rotatable bonds is 7. The van der Waals surface area contributed by atoms with E-state index in [0.29, 0.717) is 0 Å². The van der Waals surface area contributed by atoms with Gasteiger partial charge in [0.05, 0.1) is 19.8 Å². The summed E-state index contributed by atoms with van der Waals surface area (Å²) in [6, 6.07) is 0. The van der Waals surface area contributed by atoms with Crippen LogP contribution in [0.2, 0.25) is 0 Å². The molecule has 78 valence electrons. The summed E-state index contributed by atoms with van der Waals surface area (Å²) in [4.78, 5) is 10.3. The summed E-state index contributed by atoms with van der Waals surface area (Å²) in [5.74, 6) is -1.25. The minimum absolute atomic E-state index is 0.107. The molecular weight excluding hydrogens is 199 g/mol. The lowest BCUT2D eigenvalue weighted by Gasteiger charge is -2.14. The Bertz CT molecular complexity index is 203. The predicted molar refractivity (Wildman–Crippen MR) is 44.8 cm³/mol. The average Bonchev–Trinajstić information content (AvgIpc) is 2.00. The van der Waals surface area contributed by atoms with Crippen LogP contribution in [0.4, 0.5) is 0 Å². The van der Waals surface area contributed by atoms with E-state index in [1.54, 1.807) is 6.92 Å². The largest absolute Gasteiger partial charge is 0.481 e. The van der Waals surface area contributed by atoms with E-state index in [2.05, 4.69) is 9.05 Å². The van der Waals surface area contributed by atoms with Crippen molar-refractivity contribution in [3.05, 3.63) is 0 Å². The Hall–Kier alpha value is -0.420. The van der Waals surface area contributed by atoms with Crippen molar-refractivity contribution in [1.82, 2.24) is 0 Å². The summed E-state index contributed by atoms with van der Waals surface area (Å²) >= 11 is 0. The molecule has 2 N–H and O–H groups in total. The molecule has 0 radical (unpaired) electrons. The highest BCUT2D eigenvalue weighted by molar-refractivity contribution is 7.54. The highest BCUT2D eigenvalue weighted by Gasteiger charge is 2.27. The molecular formula is C6H13O6P. The maximum absolute atomic E-state index is 11.4. The van der Waals surface area contributed by atoms with Gasteiger partial charge in [0.2, 0.25) is 0 Å². The van der Waals surface area contributed by atoms with E-state index in [9.17, 15) is 9.36 Å². The van der Waals surface area contributed by atoms with Gasteiger partial charge in [-0.1, -0.05) is 0 Å². The number of carboxylic acid groups (broad SMARTS) is 1. The highest BCUT2D eigenvalue weighted by Crippen LogP contribution is 2.47. The van der Waals surface area contributed by atoms with Gasteiger partial charge in [0.1, 0.15) is 6.16 Å². The molecule has 0 aromatic carbocycles. The number of hydrogen-bond donors (Lipinski definition) is 2. The van der Waals surface area contributed by atoms with Gasteiger partial charge >= 0.3 is 13.6 Å². The van der Waals surface area contributed by atoms with E-state index < -0.39 is 19.7 Å². The summed E-state index contributed by atoms with van der Waals surface area (Å²) in [6.07, 6.45) is -0.680. The van der Waals surface area contributed by atoms with Crippen LogP contribution in [-0.2, 0) is 18.4 Å². The van der Waals surface area contributed by atoms with E-state index in [-0.39, 0.29) is 19.8 Å². The quantitative estimate of drug-likeness (QED) is 0.590. The van der Waals surface area contributed by atoms with Crippen molar-refractivity contribution in [3.8, 4) is 0 Å². The van der Waals surface area contributed by atoms with Crippen molar-refractivity contribution < 1.29 is 28.6 Å². The molecule has 13 heavy (non-hydrogen) atoms. The van der Waals surface area contributed by atoms with Crippen LogP contribution in [0.25, 0.3) is 0 Å². The molecule has 0 aromatic rings. The van der Waals surface area contributed by atoms with Gasteiger partial charge in [-0.3, -0.25) is 9.36 Å². The second-order valence-corrected chi connectivity index (χ2v) is 4.19. The first-order valence-electron chi connectivity index (χ1n) is 3.75. The molecule has 7 heteroatoms. The number of carboxylic acids is 1. The third-order valence-corrected chi connectivity index (χ3v) is 2.92. The number of hydrogen-bond acceptors (Lipinski definition) is 5. The Morgan fingerprint density at radius 3 is 2.46 bits per heavy atom. The Kier molecular flexibility index (Phi) is 5.90. The van der Waals surface area contributed by atoms with Crippen LogP contribution in [0.3, 0.4) is 0 Å². The van der Waals surface area contributed by atoms with Gasteiger partial charge in [-0.2, -0.15) is 0 Å². The molecule has 0 rings (SSSR count). The number of aliphatic carboxylic acids is 1. The summed E-state index contributed by atoms with van der Waals surface area (Å²) in [7, 11) is -3.55. The molecule has 1 atom stereocenters. The average molecular weight is 212 g/mol. The molecule has 0 aromatic heterocycles. The molecule has 0 aliphatic heterocycles. The Balaban J connectivity index is 4.16. The molecule has 0 aliphatic rings. The van der Waals surface area contributed by atoms with E-state index in [4.69, 9.17) is 10.2 Å². The van der Waals surface area contributed by atoms with Crippen molar-refractivity contribution >= 4 is 13.6 Å². The fraction of sp³-hybridized carbons (Fsp3) is 0.833. The molecule has 6 nitrogen and oxygen atoms in total. The summed E-state index contributed by atoms with van der Waals surface area (Å²) in [5.41, 5.74) is 0. The fourth-order valence-electron chi connectivity index (χ4n) is 0.671. The summed E-state index contributed by atoms with van der Waals surface area (Å²) < 4.78 is 20.8. The molecule has 0 bridgehead atoms. The monoisotopic (exact) mass is 212 g/mol. The van der Waals surface area contributed by atoms with Crippen LogP contribution >= 0.6 is 7.60 Å². The second-order valence-electron chi connectivity index (χ2n) is 2.14. The Morgan fingerprint density at radius 2 is 2.08 bits per heavy atom. The smallest absolute Gasteiger partial charge is 0.341 e. The summed E-state index contributed by atoms with van der Waals surface area (Å²) in [5, 5.41) is 16.8. The molecule has 1 unspecified atom stereocenters. The molecule has 0 spiro atoms. The lowest BCUT2D eigenvalue weighted by molar-refractivity contribution is -0.134. The standard InChI is InChI=1S/C6H13O6P/c1-2-11-13(10,5-6(8)9)12-4-3-7/h7H,2-5H2,1H3,(H,8,9). The first kappa shape index (κ1) is 12.6. The lowest BCUT2D eigenvalue weighted by atomic mass is 10.8. The first-order valence-corrected chi connectivity index (χ1v) is 5.47. The maximum atomic E-state index is 11.4. The van der Waals surface area contributed by atoms with Gasteiger partial charge in [0, 0.05) is 0 Å². The van der Waals surface area contributed by atoms with Crippen LogP contribution in [0.1, 0.15) is 6.92 Å². The minimum Gasteiger partial charge on any atom is -0.481 e. The summed E-state index contributed by atoms with van der Waals surface area (Å²) in [6.45, 7) is 1.17. The first-order chi connectivity index (χ1) is 6.04. The number of aliphatic hydroxyl groups excluding tert-OH is 1. The van der Waals surface area contributed by atoms with E-state index >= 15 is 0 Å². The van der Waals surface area contributed by atoms with E-state index in [1.165, 1.54) is 0 Å². The van der Waals surface area contributed by atoms with Crippen LogP contribution in [-0.4, -0.2) is 42.2 Å². The minimum atomic E-state index is -3.55. The lowest BCUT2D eigenvalue weighted by Crippen LogP contribution is -2.10. The van der Waals surface area contributed by atoms with Crippen molar-refractivity contribution in [3.63, 3.8) is 0 Å². The highest BCUT2D eigenvalue weighted by atomic mass is 31.2. The zero-order valence-corrected chi connectivity index (χ0v) is 8.20. The van der Waals surface area contributed by atoms with Crippen LogP contribution in [0, 0.1) is 0 Å². The van der Waals surface area contributed by atoms with Crippen LogP contribution < -0.4 is 0 Å². The van der Waals surface area contributed by atoms with Crippen molar-refractivity contribution in [2.75, 3.05) is 26.0 Å². The molecule has 0 fully saturated rings. The van der Waals surface area contributed by atoms with Gasteiger partial charge in [-0.05, 0) is 6.92 Å². The Labute approximate surface area is 76.0 Å². The van der Waals surface area contributed by atoms with Gasteiger partial charge in [0.25, 0.3) is 0 Å². The van der Waals surface area contributed by atoms with Gasteiger partial charge < -0.3 is 19.3 Å². The molecule has 0 aliphatic carbocycles. The molecule has 0 saturated carbocycles. The van der Waals surface area contributed by atoms with Gasteiger partial charge in [-0.25, -0.2) is 0 Å². The molecule has 0 saturated heterocycles. The molecule has 0 heterocycles. The van der Waals surface area contributed by atoms with Crippen molar-refractivity contribution in [1.29, 1.82) is 0 Å². The van der Waals surface area contributed by atoms with Crippen LogP contribution in [0.5, 0.6) is 0 Å². The molecule has 0 amide bonds. The normalized spacial score (nSPS) is 15.2. The SMILES string of the molecule is CCOP(=O)(CC(=O)O)OCCO. The van der Waals surface area contributed by atoms with Crippen molar-refractivity contribution in [2.24, 2.45) is 0 Å². The number of carbonyl (C=O) groups is 1. The fourth-order valence-corrected chi connectivity index (χ4v) is 2.01. The van der Waals surface area contributed by atoms with Crippen LogP contribution in [0.15, 0.2) is 0 Å². The second kappa shape index (κ2) is 6.10. The van der Waals surface area contributed by atoms with E-state index in [0.717, 1.165) is 0 Å². The third kappa shape index (κ3) is 5.76. The zero-order chi connectivity index (χ0) is 10.3. The van der Waals surface area contributed by atoms with Gasteiger partial charge in [-0.15, -0.1) is 0 Å². The Morgan fingerprint density at radius 1 is 1.46 bits per heavy atom.